The lowest BCUT2D eigenvalue weighted by Crippen LogP contribution is -2.32. The molecule has 0 atom stereocenters. The van der Waals surface area contributed by atoms with E-state index in [4.69, 9.17) is 9.47 Å². The zero-order valence-electron chi connectivity index (χ0n) is 22.7. The average molecular weight is 561 g/mol. The van der Waals surface area contributed by atoms with Crippen LogP contribution in [-0.4, -0.2) is 24.1 Å². The van der Waals surface area contributed by atoms with Gasteiger partial charge >= 0.3 is 6.09 Å². The summed E-state index contributed by atoms with van der Waals surface area (Å²) in [4.78, 5) is 14.7. The van der Waals surface area contributed by atoms with Gasteiger partial charge in [-0.2, -0.15) is 0 Å². The Kier molecular flexibility index (Phi) is 8.89. The third-order valence-electron chi connectivity index (χ3n) is 7.30. The number of carbonyl (C=O) groups excluding carboxylic acids is 1. The molecule has 1 heterocycles. The van der Waals surface area contributed by atoms with E-state index in [0.29, 0.717) is 23.8 Å². The van der Waals surface area contributed by atoms with Crippen molar-refractivity contribution in [3.8, 4) is 11.5 Å². The number of likely N-dealkylation sites (tertiary alicyclic amines) is 1. The normalized spacial score (nSPS) is 14.0. The molecule has 5 nitrogen and oxygen atoms in total. The molecule has 0 radical (unpaired) electrons. The maximum Gasteiger partial charge on any atom is 0.411 e. The molecular weight excluding hydrogens is 529 g/mol. The van der Waals surface area contributed by atoms with Crippen molar-refractivity contribution < 1.29 is 27.4 Å². The minimum Gasteiger partial charge on any atom is -0.454 e. The highest BCUT2D eigenvalue weighted by atomic mass is 19.2. The van der Waals surface area contributed by atoms with E-state index in [9.17, 15) is 18.0 Å². The first-order chi connectivity index (χ1) is 19.8. The lowest BCUT2D eigenvalue weighted by Gasteiger charge is -2.33. The van der Waals surface area contributed by atoms with E-state index >= 15 is 0 Å². The van der Waals surface area contributed by atoms with Crippen molar-refractivity contribution in [1.29, 1.82) is 0 Å². The fourth-order valence-electron chi connectivity index (χ4n) is 5.07. The molecule has 1 fully saturated rings. The molecule has 212 valence electrons. The predicted octanol–water partition coefficient (Wildman–Crippen LogP) is 8.33. The molecule has 0 spiro atoms. The zero-order chi connectivity index (χ0) is 28.8. The molecule has 1 saturated heterocycles. The van der Waals surface area contributed by atoms with E-state index in [1.807, 2.05) is 60.7 Å². The van der Waals surface area contributed by atoms with E-state index in [1.54, 1.807) is 12.1 Å². The van der Waals surface area contributed by atoms with Gasteiger partial charge in [0, 0.05) is 24.4 Å². The molecule has 4 aromatic carbocycles. The summed E-state index contributed by atoms with van der Waals surface area (Å²) in [6.07, 6.45) is 1.49. The van der Waals surface area contributed by atoms with Crippen LogP contribution in [0.25, 0.3) is 0 Å². The summed E-state index contributed by atoms with van der Waals surface area (Å²) in [7, 11) is 0. The molecule has 1 aliphatic heterocycles. The monoisotopic (exact) mass is 560 g/mol. The number of aryl methyl sites for hydroxylation is 1. The summed E-state index contributed by atoms with van der Waals surface area (Å²) < 4.78 is 51.3. The number of nitrogens with zero attached hydrogens (tertiary/aromatic N) is 1. The lowest BCUT2D eigenvalue weighted by molar-refractivity contribution is 0.155. The molecule has 0 bridgehead atoms. The van der Waals surface area contributed by atoms with Gasteiger partial charge in [0.05, 0.1) is 0 Å². The molecule has 5 rings (SSSR count). The minimum atomic E-state index is -1.26. The summed E-state index contributed by atoms with van der Waals surface area (Å²) in [6, 6.07) is 23.9. The zero-order valence-corrected chi connectivity index (χ0v) is 22.7. The molecule has 41 heavy (non-hydrogen) atoms. The van der Waals surface area contributed by atoms with Gasteiger partial charge in [-0.25, -0.2) is 18.0 Å². The minimum absolute atomic E-state index is 0.215. The summed E-state index contributed by atoms with van der Waals surface area (Å²) in [5.41, 5.74) is 5.14. The Hall–Kier alpha value is -4.30. The number of benzene rings is 4. The lowest BCUT2D eigenvalue weighted by atomic mass is 9.86. The number of hydrogen-bond donors (Lipinski definition) is 1. The number of anilines is 1. The molecular formula is C33H31F3N2O3. The number of nitrogens with one attached hydrogen (secondary N) is 1. The van der Waals surface area contributed by atoms with E-state index in [-0.39, 0.29) is 12.4 Å². The number of halogens is 3. The van der Waals surface area contributed by atoms with Crippen LogP contribution in [0.5, 0.6) is 11.5 Å². The van der Waals surface area contributed by atoms with Crippen molar-refractivity contribution in [2.45, 2.75) is 38.8 Å². The average Bonchev–Trinajstić information content (AvgIpc) is 2.98. The fourth-order valence-corrected chi connectivity index (χ4v) is 5.07. The van der Waals surface area contributed by atoms with Crippen LogP contribution in [0.1, 0.15) is 41.0 Å². The third-order valence-corrected chi connectivity index (χ3v) is 7.30. The molecule has 0 unspecified atom stereocenters. The molecule has 0 saturated carbocycles. The summed E-state index contributed by atoms with van der Waals surface area (Å²) >= 11 is 0. The van der Waals surface area contributed by atoms with Crippen LogP contribution in [0.15, 0.2) is 84.9 Å². The quantitative estimate of drug-likeness (QED) is 0.220. The van der Waals surface area contributed by atoms with Gasteiger partial charge < -0.3 is 9.47 Å². The van der Waals surface area contributed by atoms with Crippen molar-refractivity contribution in [2.24, 2.45) is 0 Å². The molecule has 1 aliphatic rings. The molecule has 0 aliphatic carbocycles. The fraction of sp³-hybridized carbons (Fsp3) is 0.242. The standard InChI is InChI=1S/C33H31F3N2O3/c1-22-7-10-26(37-33(39)40-21-24-5-3-2-4-6-24)17-28(22)25-13-15-38(16-14-25)20-23-8-11-27(12-9-23)41-32-19-30(35)29(34)18-31(32)36/h2-12,17-19,25H,13-16,20-21H2,1H3,(H,37,39). The Bertz CT molecular complexity index is 1490. The van der Waals surface area contributed by atoms with E-state index < -0.39 is 23.5 Å². The van der Waals surface area contributed by atoms with Gasteiger partial charge in [-0.1, -0.05) is 48.5 Å². The molecule has 0 aromatic heterocycles. The van der Waals surface area contributed by atoms with Gasteiger partial charge in [0.2, 0.25) is 0 Å². The van der Waals surface area contributed by atoms with Gasteiger partial charge in [-0.3, -0.25) is 10.2 Å². The van der Waals surface area contributed by atoms with E-state index in [2.05, 4.69) is 17.1 Å². The van der Waals surface area contributed by atoms with Gasteiger partial charge in [0.1, 0.15) is 12.4 Å². The Balaban J connectivity index is 1.12. The van der Waals surface area contributed by atoms with Crippen LogP contribution in [0, 0.1) is 24.4 Å². The summed E-state index contributed by atoms with van der Waals surface area (Å²) in [5, 5.41) is 2.85. The van der Waals surface area contributed by atoms with Crippen LogP contribution in [0.4, 0.5) is 23.7 Å². The van der Waals surface area contributed by atoms with Crippen molar-refractivity contribution in [1.82, 2.24) is 4.90 Å². The summed E-state index contributed by atoms with van der Waals surface area (Å²) in [5.74, 6) is -3.03. The second-order valence-electron chi connectivity index (χ2n) is 10.3. The Morgan fingerprint density at radius 1 is 0.854 bits per heavy atom. The van der Waals surface area contributed by atoms with Crippen LogP contribution in [-0.2, 0) is 17.9 Å². The van der Waals surface area contributed by atoms with Gasteiger partial charge in [-0.05, 0) is 85.3 Å². The first-order valence-electron chi connectivity index (χ1n) is 13.6. The Morgan fingerprint density at radius 3 is 2.29 bits per heavy atom. The molecule has 8 heteroatoms. The van der Waals surface area contributed by atoms with Crippen LogP contribution >= 0.6 is 0 Å². The van der Waals surface area contributed by atoms with Crippen LogP contribution in [0.2, 0.25) is 0 Å². The highest BCUT2D eigenvalue weighted by Crippen LogP contribution is 2.33. The van der Waals surface area contributed by atoms with Gasteiger partial charge in [-0.15, -0.1) is 0 Å². The maximum absolute atomic E-state index is 13.9. The highest BCUT2D eigenvalue weighted by Gasteiger charge is 2.22. The third kappa shape index (κ3) is 7.46. The SMILES string of the molecule is Cc1ccc(NC(=O)OCc2ccccc2)cc1C1CCN(Cc2ccc(Oc3cc(F)c(F)cc3F)cc2)CC1. The second-order valence-corrected chi connectivity index (χ2v) is 10.3. The number of rotatable bonds is 8. The number of ether oxygens (including phenoxy) is 2. The van der Waals surface area contributed by atoms with Gasteiger partial charge in [0.25, 0.3) is 0 Å². The first kappa shape index (κ1) is 28.2. The maximum atomic E-state index is 13.9. The Morgan fingerprint density at radius 2 is 1.56 bits per heavy atom. The van der Waals surface area contributed by atoms with E-state index in [1.165, 1.54) is 11.1 Å². The summed E-state index contributed by atoms with van der Waals surface area (Å²) in [6.45, 7) is 4.89. The highest BCUT2D eigenvalue weighted by molar-refractivity contribution is 5.84. The van der Waals surface area contributed by atoms with E-state index in [0.717, 1.165) is 49.3 Å². The first-order valence-corrected chi connectivity index (χ1v) is 13.6. The number of hydrogen-bond acceptors (Lipinski definition) is 4. The van der Waals surface area contributed by atoms with Crippen molar-refractivity contribution in [3.05, 3.63) is 125 Å². The molecule has 4 aromatic rings. The Labute approximate surface area is 237 Å². The van der Waals surface area contributed by atoms with Gasteiger partial charge in [0.15, 0.2) is 23.2 Å². The predicted molar refractivity (Wildman–Crippen MR) is 152 cm³/mol. The molecule has 1 N–H and O–H groups in total. The number of carbonyl (C=O) groups is 1. The van der Waals surface area contributed by atoms with Crippen LogP contribution in [0.3, 0.4) is 0 Å². The number of amides is 1. The number of piperidine rings is 1. The van der Waals surface area contributed by atoms with Crippen molar-refractivity contribution in [2.75, 3.05) is 18.4 Å². The van der Waals surface area contributed by atoms with Crippen molar-refractivity contribution in [3.63, 3.8) is 0 Å². The molecule has 1 amide bonds. The van der Waals surface area contributed by atoms with Crippen molar-refractivity contribution >= 4 is 11.8 Å². The largest absolute Gasteiger partial charge is 0.454 e. The topological polar surface area (TPSA) is 50.8 Å². The smallest absolute Gasteiger partial charge is 0.411 e. The van der Waals surface area contributed by atoms with Crippen LogP contribution < -0.4 is 10.1 Å². The second kappa shape index (κ2) is 12.9.